The van der Waals surface area contributed by atoms with Gasteiger partial charge in [0.2, 0.25) is 23.6 Å². The molecule has 0 radical (unpaired) electrons. The largest absolute Gasteiger partial charge is 0.300 e. The average molecular weight is 266 g/mol. The van der Waals surface area contributed by atoms with E-state index < -0.39 is 0 Å². The molecule has 3 aliphatic rings. The third-order valence-corrected chi connectivity index (χ3v) is 3.57. The maximum Gasteiger partial charge on any atom is 0.243 e. The quantitative estimate of drug-likeness (QED) is 0.518. The van der Waals surface area contributed by atoms with Crippen molar-refractivity contribution in [1.29, 1.82) is 0 Å². The van der Waals surface area contributed by atoms with Crippen molar-refractivity contribution in [2.45, 2.75) is 18.5 Å². The van der Waals surface area contributed by atoms with E-state index in [0.717, 1.165) is 0 Å². The molecule has 2 saturated heterocycles. The molecule has 3 fully saturated rings. The van der Waals surface area contributed by atoms with Gasteiger partial charge in [-0.15, -0.1) is 0 Å². The number of hydrogen-bond acceptors (Lipinski definition) is 6. The van der Waals surface area contributed by atoms with Crippen molar-refractivity contribution in [3.63, 3.8) is 0 Å². The monoisotopic (exact) mass is 266 g/mol. The second-order valence-corrected chi connectivity index (χ2v) is 4.89. The zero-order chi connectivity index (χ0) is 13.6. The summed E-state index contributed by atoms with van der Waals surface area (Å²) in [6.45, 7) is 0.494. The van der Waals surface area contributed by atoms with Crippen LogP contribution < -0.4 is 10.6 Å². The van der Waals surface area contributed by atoms with Crippen LogP contribution in [0.1, 0.15) is 6.42 Å². The van der Waals surface area contributed by atoms with Crippen molar-refractivity contribution in [3.8, 4) is 0 Å². The molecule has 1 aliphatic carbocycles. The summed E-state index contributed by atoms with van der Waals surface area (Å²) in [5, 5.41) is 5.42. The SMILES string of the molecule is O=C1CNCC(=O)N1C1CC1N1C(=O)CNCC1=O. The number of piperazine rings is 2. The van der Waals surface area contributed by atoms with Crippen LogP contribution in [0, 0.1) is 0 Å². The van der Waals surface area contributed by atoms with E-state index in [-0.39, 0.29) is 61.9 Å². The van der Waals surface area contributed by atoms with Gasteiger partial charge in [-0.1, -0.05) is 0 Å². The smallest absolute Gasteiger partial charge is 0.243 e. The summed E-state index contributed by atoms with van der Waals surface area (Å²) in [7, 11) is 0. The Hall–Kier alpha value is -1.80. The van der Waals surface area contributed by atoms with Crippen LogP contribution in [0.15, 0.2) is 0 Å². The van der Waals surface area contributed by atoms with Gasteiger partial charge in [-0.2, -0.15) is 0 Å². The Morgan fingerprint density at radius 3 is 1.32 bits per heavy atom. The van der Waals surface area contributed by atoms with Crippen molar-refractivity contribution >= 4 is 23.6 Å². The molecule has 8 heteroatoms. The second-order valence-electron chi connectivity index (χ2n) is 4.89. The third kappa shape index (κ3) is 2.02. The molecule has 8 nitrogen and oxygen atoms in total. The maximum absolute atomic E-state index is 11.7. The highest BCUT2D eigenvalue weighted by atomic mass is 16.2. The lowest BCUT2D eigenvalue weighted by atomic mass is 10.3. The fourth-order valence-corrected chi connectivity index (χ4v) is 2.64. The number of nitrogens with zero attached hydrogens (tertiary/aromatic N) is 2. The summed E-state index contributed by atoms with van der Waals surface area (Å²) in [6, 6.07) is -0.679. The number of amides is 4. The van der Waals surface area contributed by atoms with Crippen LogP contribution in [0.5, 0.6) is 0 Å². The van der Waals surface area contributed by atoms with E-state index in [0.29, 0.717) is 6.42 Å². The molecule has 0 bridgehead atoms. The topological polar surface area (TPSA) is 98.8 Å². The molecule has 2 unspecified atom stereocenters. The van der Waals surface area contributed by atoms with Gasteiger partial charge in [-0.25, -0.2) is 0 Å². The van der Waals surface area contributed by atoms with Gasteiger partial charge in [-0.3, -0.25) is 39.6 Å². The minimum absolute atomic E-state index is 0.123. The lowest BCUT2D eigenvalue weighted by Gasteiger charge is -2.29. The number of rotatable bonds is 2. The van der Waals surface area contributed by atoms with Gasteiger partial charge >= 0.3 is 0 Å². The minimum Gasteiger partial charge on any atom is -0.300 e. The van der Waals surface area contributed by atoms with Crippen molar-refractivity contribution in [1.82, 2.24) is 20.4 Å². The van der Waals surface area contributed by atoms with E-state index in [1.165, 1.54) is 9.80 Å². The number of carbonyl (C=O) groups excluding carboxylic acids is 4. The highest BCUT2D eigenvalue weighted by Gasteiger charge is 2.53. The fraction of sp³-hybridized carbons (Fsp3) is 0.636. The van der Waals surface area contributed by atoms with Crippen molar-refractivity contribution in [3.05, 3.63) is 0 Å². The summed E-state index contributed by atoms with van der Waals surface area (Å²) in [5.74, 6) is -1.17. The van der Waals surface area contributed by atoms with E-state index >= 15 is 0 Å². The fourth-order valence-electron chi connectivity index (χ4n) is 2.64. The lowest BCUT2D eigenvalue weighted by molar-refractivity contribution is -0.152. The summed E-state index contributed by atoms with van der Waals surface area (Å²) in [5.41, 5.74) is 0. The first-order chi connectivity index (χ1) is 9.09. The molecule has 1 saturated carbocycles. The number of hydrogen-bond donors (Lipinski definition) is 2. The van der Waals surface area contributed by atoms with Gasteiger partial charge < -0.3 is 0 Å². The van der Waals surface area contributed by atoms with Gasteiger partial charge in [-0.05, 0) is 6.42 Å². The van der Waals surface area contributed by atoms with E-state index in [1.54, 1.807) is 0 Å². The van der Waals surface area contributed by atoms with E-state index in [9.17, 15) is 19.2 Å². The van der Waals surface area contributed by atoms with Crippen LogP contribution >= 0.6 is 0 Å². The van der Waals surface area contributed by atoms with Crippen LogP contribution in [0.2, 0.25) is 0 Å². The molecule has 0 spiro atoms. The Morgan fingerprint density at radius 1 is 0.684 bits per heavy atom. The van der Waals surface area contributed by atoms with Crippen molar-refractivity contribution in [2.75, 3.05) is 26.2 Å². The first-order valence-electron chi connectivity index (χ1n) is 6.21. The van der Waals surface area contributed by atoms with Crippen LogP contribution in [0.3, 0.4) is 0 Å². The van der Waals surface area contributed by atoms with Gasteiger partial charge in [0, 0.05) is 0 Å². The first kappa shape index (κ1) is 12.2. The standard InChI is InChI=1S/C11H14N4O4/c16-8-2-12-3-9(17)14(8)6-1-7(6)15-10(18)4-13-5-11(15)19/h6-7,12-13H,1-5H2. The molecule has 3 rings (SSSR count). The predicted molar refractivity (Wildman–Crippen MR) is 61.6 cm³/mol. The lowest BCUT2D eigenvalue weighted by Crippen LogP contribution is -2.57. The van der Waals surface area contributed by atoms with E-state index in [4.69, 9.17) is 0 Å². The van der Waals surface area contributed by atoms with Gasteiger partial charge in [0.15, 0.2) is 0 Å². The molecular formula is C11H14N4O4. The minimum atomic E-state index is -0.340. The zero-order valence-electron chi connectivity index (χ0n) is 10.2. The van der Waals surface area contributed by atoms with Gasteiger partial charge in [0.05, 0.1) is 38.3 Å². The number of carbonyl (C=O) groups is 4. The van der Waals surface area contributed by atoms with Crippen LogP contribution in [-0.2, 0) is 19.2 Å². The number of nitrogens with one attached hydrogen (secondary N) is 2. The Kier molecular flexibility index (Phi) is 2.83. The van der Waals surface area contributed by atoms with Crippen LogP contribution in [-0.4, -0.2) is 71.7 Å². The van der Waals surface area contributed by atoms with Crippen molar-refractivity contribution in [2.24, 2.45) is 0 Å². The molecule has 0 aromatic rings. The Balaban J connectivity index is 1.73. The van der Waals surface area contributed by atoms with Crippen LogP contribution in [0.4, 0.5) is 0 Å². The highest BCUT2D eigenvalue weighted by Crippen LogP contribution is 2.34. The van der Waals surface area contributed by atoms with E-state index in [2.05, 4.69) is 10.6 Å². The van der Waals surface area contributed by atoms with Gasteiger partial charge in [0.25, 0.3) is 0 Å². The molecule has 4 amide bonds. The molecule has 102 valence electrons. The van der Waals surface area contributed by atoms with E-state index in [1.807, 2.05) is 0 Å². The molecule has 2 aliphatic heterocycles. The summed E-state index contributed by atoms with van der Waals surface area (Å²) >= 11 is 0. The molecular weight excluding hydrogens is 252 g/mol. The normalized spacial score (nSPS) is 32.0. The summed E-state index contributed by atoms with van der Waals surface area (Å²) in [4.78, 5) is 49.3. The first-order valence-corrected chi connectivity index (χ1v) is 6.21. The van der Waals surface area contributed by atoms with Crippen LogP contribution in [0.25, 0.3) is 0 Å². The Labute approximate surface area is 109 Å². The Bertz CT molecular complexity index is 403. The molecule has 2 N–H and O–H groups in total. The highest BCUT2D eigenvalue weighted by molar-refractivity contribution is 6.02. The average Bonchev–Trinajstić information content (AvgIpc) is 3.08. The molecule has 19 heavy (non-hydrogen) atoms. The van der Waals surface area contributed by atoms with Crippen molar-refractivity contribution < 1.29 is 19.2 Å². The summed E-state index contributed by atoms with van der Waals surface area (Å²) < 4.78 is 0. The molecule has 2 atom stereocenters. The third-order valence-electron chi connectivity index (χ3n) is 3.57. The predicted octanol–water partition coefficient (Wildman–Crippen LogP) is -2.96. The zero-order valence-corrected chi connectivity index (χ0v) is 10.2. The molecule has 2 heterocycles. The summed E-state index contributed by atoms with van der Waals surface area (Å²) in [6.07, 6.45) is 0.495. The molecule has 0 aromatic heterocycles. The second kappa shape index (κ2) is 4.39. The number of imide groups is 2. The Morgan fingerprint density at radius 2 is 1.00 bits per heavy atom. The molecule has 0 aromatic carbocycles. The van der Waals surface area contributed by atoms with Gasteiger partial charge in [0.1, 0.15) is 0 Å². The maximum atomic E-state index is 11.7.